The molecule has 3 aromatic carbocycles. The molecular weight excluding hydrogens is 533 g/mol. The molecule has 0 bridgehead atoms. The van der Waals surface area contributed by atoms with E-state index in [0.717, 1.165) is 30.0 Å². The molecule has 1 aliphatic carbocycles. The maximum Gasteiger partial charge on any atom is 0.264 e. The first-order valence-electron chi connectivity index (χ1n) is 13.3. The van der Waals surface area contributed by atoms with Crippen LogP contribution in [0.4, 0.5) is 10.1 Å². The van der Waals surface area contributed by atoms with Crippen molar-refractivity contribution < 1.29 is 27.1 Å². The van der Waals surface area contributed by atoms with Gasteiger partial charge in [0.05, 0.1) is 17.7 Å². The van der Waals surface area contributed by atoms with Crippen LogP contribution in [-0.2, 0) is 26.2 Å². The molecule has 40 heavy (non-hydrogen) atoms. The highest BCUT2D eigenvalue weighted by molar-refractivity contribution is 7.92. The lowest BCUT2D eigenvalue weighted by Crippen LogP contribution is -2.52. The molecule has 0 aromatic heterocycles. The van der Waals surface area contributed by atoms with Crippen LogP contribution >= 0.6 is 0 Å². The predicted octanol–water partition coefficient (Wildman–Crippen LogP) is 4.51. The van der Waals surface area contributed by atoms with Crippen molar-refractivity contribution in [1.82, 2.24) is 10.2 Å². The van der Waals surface area contributed by atoms with Gasteiger partial charge in [0.2, 0.25) is 11.8 Å². The first kappa shape index (κ1) is 29.1. The van der Waals surface area contributed by atoms with Crippen molar-refractivity contribution in [3.8, 4) is 5.75 Å². The topological polar surface area (TPSA) is 96.0 Å². The van der Waals surface area contributed by atoms with E-state index in [1.807, 2.05) is 0 Å². The summed E-state index contributed by atoms with van der Waals surface area (Å²) in [6.07, 6.45) is 3.76. The van der Waals surface area contributed by atoms with E-state index in [4.69, 9.17) is 4.74 Å². The Morgan fingerprint density at radius 3 is 2.35 bits per heavy atom. The molecule has 1 saturated carbocycles. The number of nitrogens with zero attached hydrogens (tertiary/aromatic N) is 2. The summed E-state index contributed by atoms with van der Waals surface area (Å²) in [5.41, 5.74) is 0.431. The molecule has 0 heterocycles. The number of carbonyl (C=O) groups is 2. The van der Waals surface area contributed by atoms with E-state index in [9.17, 15) is 22.4 Å². The van der Waals surface area contributed by atoms with Gasteiger partial charge >= 0.3 is 0 Å². The highest BCUT2D eigenvalue weighted by Gasteiger charge is 2.33. The zero-order valence-electron chi connectivity index (χ0n) is 22.6. The molecule has 2 amide bonds. The van der Waals surface area contributed by atoms with Gasteiger partial charge in [-0.2, -0.15) is 0 Å². The molecule has 1 aliphatic rings. The molecule has 1 fully saturated rings. The van der Waals surface area contributed by atoms with Gasteiger partial charge in [0.1, 0.15) is 24.2 Å². The minimum Gasteiger partial charge on any atom is -0.497 e. The summed E-state index contributed by atoms with van der Waals surface area (Å²) >= 11 is 0. The van der Waals surface area contributed by atoms with Crippen LogP contribution in [0.3, 0.4) is 0 Å². The number of amides is 2. The Hall–Kier alpha value is -3.92. The minimum absolute atomic E-state index is 0.00158. The Balaban J connectivity index is 1.70. The maximum atomic E-state index is 14.7. The molecule has 0 spiro atoms. The van der Waals surface area contributed by atoms with E-state index >= 15 is 0 Å². The molecule has 0 radical (unpaired) electrons. The number of carbonyl (C=O) groups excluding carboxylic acids is 2. The molecule has 4 rings (SSSR count). The van der Waals surface area contributed by atoms with Crippen molar-refractivity contribution in [2.75, 3.05) is 18.0 Å². The number of nitrogens with one attached hydrogen (secondary N) is 1. The number of ether oxygens (including phenoxy) is 1. The highest BCUT2D eigenvalue weighted by Crippen LogP contribution is 2.28. The van der Waals surface area contributed by atoms with Gasteiger partial charge in [-0.1, -0.05) is 55.3 Å². The van der Waals surface area contributed by atoms with Crippen LogP contribution < -0.4 is 14.4 Å². The third-order valence-electron chi connectivity index (χ3n) is 7.12. The van der Waals surface area contributed by atoms with Crippen molar-refractivity contribution in [1.29, 1.82) is 0 Å². The number of rotatable bonds is 11. The first-order valence-corrected chi connectivity index (χ1v) is 14.7. The second kappa shape index (κ2) is 13.0. The first-order chi connectivity index (χ1) is 19.2. The van der Waals surface area contributed by atoms with Gasteiger partial charge in [-0.15, -0.1) is 0 Å². The van der Waals surface area contributed by atoms with E-state index in [2.05, 4.69) is 5.32 Å². The lowest BCUT2D eigenvalue weighted by Gasteiger charge is -2.32. The Morgan fingerprint density at radius 2 is 1.68 bits per heavy atom. The van der Waals surface area contributed by atoms with Crippen molar-refractivity contribution >= 4 is 27.5 Å². The van der Waals surface area contributed by atoms with Gasteiger partial charge in [0.25, 0.3) is 10.0 Å². The van der Waals surface area contributed by atoms with E-state index in [-0.39, 0.29) is 34.6 Å². The lowest BCUT2D eigenvalue weighted by molar-refractivity contribution is -0.139. The molecule has 0 aliphatic heterocycles. The Labute approximate surface area is 234 Å². The summed E-state index contributed by atoms with van der Waals surface area (Å²) in [4.78, 5) is 28.4. The monoisotopic (exact) mass is 567 g/mol. The summed E-state index contributed by atoms with van der Waals surface area (Å²) in [5, 5.41) is 3.00. The maximum absolute atomic E-state index is 14.7. The van der Waals surface area contributed by atoms with E-state index < -0.39 is 34.3 Å². The van der Waals surface area contributed by atoms with Gasteiger partial charge in [-0.3, -0.25) is 13.9 Å². The van der Waals surface area contributed by atoms with Crippen LogP contribution in [-0.4, -0.2) is 50.9 Å². The van der Waals surface area contributed by atoms with E-state index in [1.165, 1.54) is 48.4 Å². The summed E-state index contributed by atoms with van der Waals surface area (Å²) in [7, 11) is -2.74. The summed E-state index contributed by atoms with van der Waals surface area (Å²) in [6.45, 7) is 0.757. The fourth-order valence-electron chi connectivity index (χ4n) is 4.80. The number of halogens is 1. The van der Waals surface area contributed by atoms with Crippen LogP contribution in [0.25, 0.3) is 0 Å². The molecule has 212 valence electrons. The molecule has 10 heteroatoms. The largest absolute Gasteiger partial charge is 0.497 e. The van der Waals surface area contributed by atoms with Crippen molar-refractivity contribution in [3.05, 3.63) is 90.2 Å². The normalized spacial score (nSPS) is 14.4. The number of sulfonamides is 1. The van der Waals surface area contributed by atoms with Crippen LogP contribution in [0.5, 0.6) is 5.75 Å². The third-order valence-corrected chi connectivity index (χ3v) is 8.91. The average molecular weight is 568 g/mol. The smallest absolute Gasteiger partial charge is 0.264 e. The highest BCUT2D eigenvalue weighted by atomic mass is 32.2. The SMILES string of the molecule is COc1cccc(N(CC(=O)N(Cc2ccccc2F)[C@@H](C)C(=O)NC2CCCC2)S(=O)(=O)c2ccccc2)c1. The number of anilines is 1. The number of hydrogen-bond acceptors (Lipinski definition) is 5. The van der Waals surface area contributed by atoms with Crippen molar-refractivity contribution in [2.24, 2.45) is 0 Å². The second-order valence-electron chi connectivity index (χ2n) is 9.81. The Kier molecular flexibility index (Phi) is 9.42. The molecule has 0 unspecified atom stereocenters. The zero-order chi connectivity index (χ0) is 28.7. The minimum atomic E-state index is -4.20. The Morgan fingerprint density at radius 1 is 1.00 bits per heavy atom. The molecule has 0 saturated heterocycles. The second-order valence-corrected chi connectivity index (χ2v) is 11.7. The van der Waals surface area contributed by atoms with Gasteiger partial charge < -0.3 is 15.0 Å². The fourth-order valence-corrected chi connectivity index (χ4v) is 6.23. The molecular formula is C30H34FN3O5S. The quantitative estimate of drug-likeness (QED) is 0.368. The molecule has 1 atom stereocenters. The van der Waals surface area contributed by atoms with Gasteiger partial charge in [-0.05, 0) is 50.1 Å². The number of hydrogen-bond donors (Lipinski definition) is 1. The van der Waals surface area contributed by atoms with Gasteiger partial charge in [-0.25, -0.2) is 12.8 Å². The number of benzene rings is 3. The molecule has 3 aromatic rings. The molecule has 8 nitrogen and oxygen atoms in total. The lowest BCUT2D eigenvalue weighted by atomic mass is 10.1. The van der Waals surface area contributed by atoms with E-state index in [1.54, 1.807) is 49.4 Å². The number of methoxy groups -OCH3 is 1. The third kappa shape index (κ3) is 6.80. The summed E-state index contributed by atoms with van der Waals surface area (Å²) in [6, 6.07) is 19.2. The average Bonchev–Trinajstić information content (AvgIpc) is 3.48. The van der Waals surface area contributed by atoms with Crippen LogP contribution in [0, 0.1) is 5.82 Å². The zero-order valence-corrected chi connectivity index (χ0v) is 23.4. The summed E-state index contributed by atoms with van der Waals surface area (Å²) < 4.78 is 48.6. The van der Waals surface area contributed by atoms with Gasteiger partial charge in [0.15, 0.2) is 0 Å². The standard InChI is InChI=1S/C30H34FN3O5S/c1-22(30(36)32-24-12-7-8-13-24)33(20-23-11-6-9-18-28(23)31)29(35)21-34(25-14-10-15-26(19-25)39-2)40(37,38)27-16-4-3-5-17-27/h3-6,9-11,14-19,22,24H,7-8,12-13,20-21H2,1-2H3,(H,32,36)/t22-/m0/s1. The Bertz CT molecular complexity index is 1430. The molecule has 1 N–H and O–H groups in total. The van der Waals surface area contributed by atoms with Crippen molar-refractivity contribution in [2.45, 2.75) is 56.1 Å². The van der Waals surface area contributed by atoms with Gasteiger partial charge in [0, 0.05) is 24.2 Å². The van der Waals surface area contributed by atoms with Crippen LogP contribution in [0.1, 0.15) is 38.2 Å². The van der Waals surface area contributed by atoms with E-state index in [0.29, 0.717) is 5.75 Å². The fraction of sp³-hybridized carbons (Fsp3) is 0.333. The van der Waals surface area contributed by atoms with Crippen LogP contribution in [0.15, 0.2) is 83.8 Å². The van der Waals surface area contributed by atoms with Crippen LogP contribution in [0.2, 0.25) is 0 Å². The van der Waals surface area contributed by atoms with Crippen molar-refractivity contribution in [3.63, 3.8) is 0 Å². The summed E-state index contributed by atoms with van der Waals surface area (Å²) in [5.74, 6) is -1.13. The predicted molar refractivity (Wildman–Crippen MR) is 151 cm³/mol.